The fourth-order valence-corrected chi connectivity index (χ4v) is 3.42. The van der Waals surface area contributed by atoms with Gasteiger partial charge in [0, 0.05) is 6.61 Å². The molecular weight excluding hydrogens is 322 g/mol. The minimum atomic E-state index is -0.560. The number of unbranched alkanes of at least 4 members (excludes halogenated alkanes) is 16. The summed E-state index contributed by atoms with van der Waals surface area (Å²) in [6, 6.07) is 0. The van der Waals surface area contributed by atoms with Crippen molar-refractivity contribution in [1.82, 2.24) is 0 Å². The second kappa shape index (κ2) is 22.9. The molecule has 0 heterocycles. The molecule has 0 radical (unpaired) electrons. The summed E-state index contributed by atoms with van der Waals surface area (Å²) in [5.41, 5.74) is 5.45. The van der Waals surface area contributed by atoms with Crippen LogP contribution in [-0.4, -0.2) is 24.5 Å². The third kappa shape index (κ3) is 21.9. The highest BCUT2D eigenvalue weighted by Gasteiger charge is 2.03. The Morgan fingerprint density at radius 1 is 0.615 bits per heavy atom. The van der Waals surface area contributed by atoms with Crippen LogP contribution in [0.4, 0.5) is 0 Å². The third-order valence-electron chi connectivity index (χ3n) is 5.21. The number of rotatable bonds is 22. The summed E-state index contributed by atoms with van der Waals surface area (Å²) in [6.45, 7) is 3.70. The summed E-state index contributed by atoms with van der Waals surface area (Å²) in [4.78, 5) is 0. The van der Waals surface area contributed by atoms with Gasteiger partial charge in [-0.15, -0.1) is 0 Å². The lowest BCUT2D eigenvalue weighted by molar-refractivity contribution is -0.105. The van der Waals surface area contributed by atoms with Crippen LogP contribution in [0.3, 0.4) is 0 Å². The van der Waals surface area contributed by atoms with E-state index in [4.69, 9.17) is 10.5 Å². The molecule has 3 N–H and O–H groups in total. The highest BCUT2D eigenvalue weighted by atomic mass is 16.6. The molecule has 0 rings (SSSR count). The van der Waals surface area contributed by atoms with Crippen molar-refractivity contribution in [1.29, 1.82) is 0 Å². The Balaban J connectivity index is 3.08. The van der Waals surface area contributed by atoms with Crippen molar-refractivity contribution in [3.05, 3.63) is 0 Å². The van der Waals surface area contributed by atoms with Gasteiger partial charge >= 0.3 is 0 Å². The maximum absolute atomic E-state index is 9.76. The average molecular weight is 372 g/mol. The van der Waals surface area contributed by atoms with E-state index in [1.165, 1.54) is 89.9 Å². The Hall–Kier alpha value is -0.120. The summed E-state index contributed by atoms with van der Waals surface area (Å²) in [6.07, 6.45) is 24.0. The van der Waals surface area contributed by atoms with Crippen molar-refractivity contribution in [3.8, 4) is 0 Å². The lowest BCUT2D eigenvalue weighted by Crippen LogP contribution is -2.12. The van der Waals surface area contributed by atoms with E-state index < -0.39 is 6.29 Å². The molecule has 0 amide bonds. The number of ether oxygens (including phenoxy) is 1. The highest BCUT2D eigenvalue weighted by Crippen LogP contribution is 2.14. The summed E-state index contributed by atoms with van der Waals surface area (Å²) in [7, 11) is 0. The van der Waals surface area contributed by atoms with E-state index in [0.29, 0.717) is 6.61 Å². The molecule has 3 nitrogen and oxygen atoms in total. The van der Waals surface area contributed by atoms with Gasteiger partial charge in [-0.05, 0) is 38.6 Å². The average Bonchev–Trinajstić information content (AvgIpc) is 2.64. The molecule has 1 unspecified atom stereocenters. The van der Waals surface area contributed by atoms with Crippen LogP contribution in [0.2, 0.25) is 0 Å². The van der Waals surface area contributed by atoms with Crippen LogP contribution in [0.25, 0.3) is 0 Å². The van der Waals surface area contributed by atoms with Crippen LogP contribution in [0.15, 0.2) is 0 Å². The highest BCUT2D eigenvalue weighted by molar-refractivity contribution is 4.51. The van der Waals surface area contributed by atoms with Gasteiger partial charge < -0.3 is 15.6 Å². The Bertz CT molecular complexity index is 248. The fourth-order valence-electron chi connectivity index (χ4n) is 3.42. The molecule has 0 aliphatic carbocycles. The maximum atomic E-state index is 9.76. The monoisotopic (exact) mass is 371 g/mol. The molecule has 0 bridgehead atoms. The van der Waals surface area contributed by atoms with E-state index in [1.54, 1.807) is 0 Å². The largest absolute Gasteiger partial charge is 0.368 e. The fraction of sp³-hybridized carbons (Fsp3) is 1.00. The first-order chi connectivity index (χ1) is 12.8. The van der Waals surface area contributed by atoms with Crippen molar-refractivity contribution >= 4 is 0 Å². The SMILES string of the molecule is CCCCCCCCCCCCCCCCCC(O)OCCCCCN. The summed E-state index contributed by atoms with van der Waals surface area (Å²) < 4.78 is 5.42. The Morgan fingerprint density at radius 3 is 1.50 bits per heavy atom. The zero-order valence-corrected chi connectivity index (χ0v) is 17.9. The van der Waals surface area contributed by atoms with Gasteiger partial charge in [0.05, 0.1) is 0 Å². The van der Waals surface area contributed by atoms with Crippen molar-refractivity contribution in [2.24, 2.45) is 5.73 Å². The van der Waals surface area contributed by atoms with Gasteiger partial charge in [0.2, 0.25) is 0 Å². The van der Waals surface area contributed by atoms with Gasteiger partial charge in [-0.2, -0.15) is 0 Å². The minimum absolute atomic E-state index is 0.560. The molecule has 26 heavy (non-hydrogen) atoms. The third-order valence-corrected chi connectivity index (χ3v) is 5.21. The summed E-state index contributed by atoms with van der Waals surface area (Å²) in [5, 5.41) is 9.76. The van der Waals surface area contributed by atoms with Crippen molar-refractivity contribution in [3.63, 3.8) is 0 Å². The van der Waals surface area contributed by atoms with Crippen LogP contribution >= 0.6 is 0 Å². The van der Waals surface area contributed by atoms with E-state index in [1.807, 2.05) is 0 Å². The molecule has 0 aromatic carbocycles. The van der Waals surface area contributed by atoms with E-state index in [9.17, 15) is 5.11 Å². The Morgan fingerprint density at radius 2 is 1.04 bits per heavy atom. The maximum Gasteiger partial charge on any atom is 0.154 e. The second-order valence-electron chi connectivity index (χ2n) is 7.91. The number of aliphatic hydroxyl groups is 1. The number of hydrogen-bond donors (Lipinski definition) is 2. The van der Waals surface area contributed by atoms with Crippen molar-refractivity contribution in [2.75, 3.05) is 13.2 Å². The first kappa shape index (κ1) is 25.9. The predicted octanol–water partition coefficient (Wildman–Crippen LogP) is 6.71. The smallest absolute Gasteiger partial charge is 0.154 e. The lowest BCUT2D eigenvalue weighted by Gasteiger charge is -2.11. The molecule has 0 saturated carbocycles. The summed E-state index contributed by atoms with van der Waals surface area (Å²) >= 11 is 0. The van der Waals surface area contributed by atoms with Crippen LogP contribution in [0.1, 0.15) is 129 Å². The summed E-state index contributed by atoms with van der Waals surface area (Å²) in [5.74, 6) is 0. The number of aliphatic hydroxyl groups excluding tert-OH is 1. The van der Waals surface area contributed by atoms with Crippen molar-refractivity contribution in [2.45, 2.75) is 135 Å². The molecule has 1 atom stereocenters. The molecule has 0 spiro atoms. The van der Waals surface area contributed by atoms with Gasteiger partial charge in [0.15, 0.2) is 6.29 Å². The Kier molecular flexibility index (Phi) is 22.8. The van der Waals surface area contributed by atoms with Crippen molar-refractivity contribution < 1.29 is 9.84 Å². The number of hydrogen-bond acceptors (Lipinski definition) is 3. The molecule has 3 heteroatoms. The van der Waals surface area contributed by atoms with Crippen LogP contribution in [-0.2, 0) is 4.74 Å². The molecule has 0 aliphatic heterocycles. The van der Waals surface area contributed by atoms with Gasteiger partial charge in [0.1, 0.15) is 0 Å². The zero-order chi connectivity index (χ0) is 19.1. The topological polar surface area (TPSA) is 55.5 Å². The van der Waals surface area contributed by atoms with E-state index in [-0.39, 0.29) is 0 Å². The standard InChI is InChI=1S/C23H49NO2/c1-2-3-4-5-6-7-8-9-10-11-12-13-14-15-17-20-23(25)26-22-19-16-18-21-24/h23,25H,2-22,24H2,1H3. The van der Waals surface area contributed by atoms with Crippen LogP contribution in [0, 0.1) is 0 Å². The molecule has 0 aromatic rings. The van der Waals surface area contributed by atoms with Crippen LogP contribution < -0.4 is 5.73 Å². The first-order valence-corrected chi connectivity index (χ1v) is 11.8. The van der Waals surface area contributed by atoms with Gasteiger partial charge in [-0.3, -0.25) is 0 Å². The second-order valence-corrected chi connectivity index (χ2v) is 7.91. The van der Waals surface area contributed by atoms with E-state index in [2.05, 4.69) is 6.92 Å². The molecule has 0 aliphatic rings. The molecule has 158 valence electrons. The van der Waals surface area contributed by atoms with Crippen LogP contribution in [0.5, 0.6) is 0 Å². The number of nitrogens with two attached hydrogens (primary N) is 1. The predicted molar refractivity (Wildman–Crippen MR) is 114 cm³/mol. The zero-order valence-electron chi connectivity index (χ0n) is 17.9. The lowest BCUT2D eigenvalue weighted by atomic mass is 10.0. The molecule has 0 saturated heterocycles. The van der Waals surface area contributed by atoms with Gasteiger partial charge in [0.25, 0.3) is 0 Å². The van der Waals surface area contributed by atoms with Gasteiger partial charge in [-0.1, -0.05) is 96.8 Å². The first-order valence-electron chi connectivity index (χ1n) is 11.8. The van der Waals surface area contributed by atoms with E-state index in [0.717, 1.165) is 38.6 Å². The molecule has 0 fully saturated rings. The molecule has 0 aromatic heterocycles. The van der Waals surface area contributed by atoms with Gasteiger partial charge in [-0.25, -0.2) is 0 Å². The molecular formula is C23H49NO2. The Labute approximate surface area is 164 Å². The minimum Gasteiger partial charge on any atom is -0.368 e. The normalized spacial score (nSPS) is 12.6. The van der Waals surface area contributed by atoms with E-state index >= 15 is 0 Å². The quantitative estimate of drug-likeness (QED) is 0.164.